The summed E-state index contributed by atoms with van der Waals surface area (Å²) in [5, 5.41) is 0.591. The lowest BCUT2D eigenvalue weighted by atomic mass is 10.1. The normalized spacial score (nSPS) is 10.4. The predicted molar refractivity (Wildman–Crippen MR) is 80.3 cm³/mol. The number of hydrogen-bond acceptors (Lipinski definition) is 3. The van der Waals surface area contributed by atoms with E-state index in [0.717, 1.165) is 0 Å². The second kappa shape index (κ2) is 5.57. The molecule has 0 saturated heterocycles. The highest BCUT2D eigenvalue weighted by Gasteiger charge is 2.13. The van der Waals surface area contributed by atoms with Gasteiger partial charge in [-0.25, -0.2) is 0 Å². The van der Waals surface area contributed by atoms with Gasteiger partial charge in [0.25, 0.3) is 11.8 Å². The number of para-hydroxylation sites is 1. The highest BCUT2D eigenvalue weighted by atomic mass is 16.2. The van der Waals surface area contributed by atoms with Gasteiger partial charge in [0.05, 0.1) is 5.56 Å². The Bertz CT molecular complexity index is 897. The van der Waals surface area contributed by atoms with Gasteiger partial charge in [-0.2, -0.15) is 0 Å². The van der Waals surface area contributed by atoms with E-state index in [0.29, 0.717) is 16.6 Å². The Labute approximate surface area is 124 Å². The van der Waals surface area contributed by atoms with Crippen LogP contribution >= 0.6 is 0 Å². The Morgan fingerprint density at radius 2 is 1.73 bits per heavy atom. The number of carbonyl (C=O) groups excluding carboxylic acids is 2. The minimum atomic E-state index is -0.567. The third-order valence-corrected chi connectivity index (χ3v) is 3.13. The molecule has 3 aromatic rings. The van der Waals surface area contributed by atoms with Crippen molar-refractivity contribution in [2.45, 2.75) is 0 Å². The monoisotopic (exact) mass is 296 g/mol. The molecule has 0 atom stereocenters. The third-order valence-electron chi connectivity index (χ3n) is 3.13. The zero-order chi connectivity index (χ0) is 15.5. The molecule has 7 heteroatoms. The van der Waals surface area contributed by atoms with Crippen molar-refractivity contribution in [3.63, 3.8) is 0 Å². The van der Waals surface area contributed by atoms with Gasteiger partial charge in [0.15, 0.2) is 0 Å². The zero-order valence-electron chi connectivity index (χ0n) is 11.3. The Kier molecular flexibility index (Phi) is 3.45. The van der Waals surface area contributed by atoms with Crippen molar-refractivity contribution >= 4 is 22.7 Å². The number of aromatic nitrogens is 2. The first-order valence-electron chi connectivity index (χ1n) is 6.51. The summed E-state index contributed by atoms with van der Waals surface area (Å²) in [6, 6.07) is 11.4. The van der Waals surface area contributed by atoms with Gasteiger partial charge >= 0.3 is 0 Å². The van der Waals surface area contributed by atoms with Crippen molar-refractivity contribution < 1.29 is 9.59 Å². The quantitative estimate of drug-likeness (QED) is 0.528. The lowest BCUT2D eigenvalue weighted by Crippen LogP contribution is -2.42. The summed E-state index contributed by atoms with van der Waals surface area (Å²) in [7, 11) is 0. The van der Waals surface area contributed by atoms with Crippen LogP contribution in [-0.4, -0.2) is 21.8 Å². The van der Waals surface area contributed by atoms with Crippen molar-refractivity contribution in [1.29, 1.82) is 0 Å². The van der Waals surface area contributed by atoms with E-state index in [9.17, 15) is 14.4 Å². The summed E-state index contributed by atoms with van der Waals surface area (Å²) in [6.07, 6.45) is 1.60. The Morgan fingerprint density at radius 3 is 2.50 bits per heavy atom. The molecule has 2 amide bonds. The van der Waals surface area contributed by atoms with E-state index in [4.69, 9.17) is 0 Å². The van der Waals surface area contributed by atoms with Crippen molar-refractivity contribution in [1.82, 2.24) is 20.8 Å². The minimum Gasteiger partial charge on any atom is -0.357 e. The molecule has 110 valence electrons. The highest BCUT2D eigenvalue weighted by molar-refractivity contribution is 6.06. The molecular formula is C15H12N4O3. The van der Waals surface area contributed by atoms with E-state index in [1.54, 1.807) is 42.6 Å². The largest absolute Gasteiger partial charge is 0.357 e. The number of aromatic amines is 2. The Morgan fingerprint density at radius 1 is 0.955 bits per heavy atom. The number of carbonyl (C=O) groups is 2. The molecule has 2 heterocycles. The number of rotatable bonds is 2. The first-order chi connectivity index (χ1) is 10.6. The molecule has 2 aromatic heterocycles. The van der Waals surface area contributed by atoms with E-state index in [1.807, 2.05) is 0 Å². The average molecular weight is 296 g/mol. The smallest absolute Gasteiger partial charge is 0.286 e. The summed E-state index contributed by atoms with van der Waals surface area (Å²) >= 11 is 0. The first-order valence-corrected chi connectivity index (χ1v) is 6.51. The molecule has 7 nitrogen and oxygen atoms in total. The number of fused-ring (bicyclic) bond motifs is 1. The van der Waals surface area contributed by atoms with E-state index < -0.39 is 11.8 Å². The highest BCUT2D eigenvalue weighted by Crippen LogP contribution is 2.14. The molecule has 0 bridgehead atoms. The maximum Gasteiger partial charge on any atom is 0.286 e. The fourth-order valence-electron chi connectivity index (χ4n) is 2.11. The molecule has 1 aromatic carbocycles. The number of nitrogens with one attached hydrogen (secondary N) is 4. The summed E-state index contributed by atoms with van der Waals surface area (Å²) in [6.45, 7) is 0. The van der Waals surface area contributed by atoms with Crippen LogP contribution in [0, 0.1) is 0 Å². The molecule has 0 aliphatic heterocycles. The minimum absolute atomic E-state index is 0.186. The topological polar surface area (TPSA) is 107 Å². The van der Waals surface area contributed by atoms with Crippen LogP contribution in [0.4, 0.5) is 0 Å². The molecule has 0 radical (unpaired) electrons. The Hall–Kier alpha value is -3.35. The van der Waals surface area contributed by atoms with Crippen LogP contribution < -0.4 is 16.4 Å². The number of benzene rings is 1. The van der Waals surface area contributed by atoms with Crippen molar-refractivity contribution in [3.05, 3.63) is 70.3 Å². The molecule has 0 aliphatic rings. The lowest BCUT2D eigenvalue weighted by molar-refractivity contribution is 0.0845. The van der Waals surface area contributed by atoms with Gasteiger partial charge in [-0.1, -0.05) is 18.2 Å². The van der Waals surface area contributed by atoms with Gasteiger partial charge in [0.2, 0.25) is 5.56 Å². The SMILES string of the molecule is O=C(NNC(=O)c1cc(=O)[nH]c2ccccc12)c1ccc[nH]1. The van der Waals surface area contributed by atoms with Crippen molar-refractivity contribution in [2.24, 2.45) is 0 Å². The van der Waals surface area contributed by atoms with Gasteiger partial charge in [-0.3, -0.25) is 25.2 Å². The average Bonchev–Trinajstić information content (AvgIpc) is 3.06. The maximum atomic E-state index is 12.2. The molecule has 22 heavy (non-hydrogen) atoms. The molecular weight excluding hydrogens is 284 g/mol. The first kappa shape index (κ1) is 13.6. The van der Waals surface area contributed by atoms with Gasteiger partial charge in [0, 0.05) is 23.2 Å². The van der Waals surface area contributed by atoms with Crippen molar-refractivity contribution in [3.8, 4) is 0 Å². The number of hydrogen-bond donors (Lipinski definition) is 4. The van der Waals surface area contributed by atoms with Crippen LogP contribution in [0.25, 0.3) is 10.9 Å². The van der Waals surface area contributed by atoms with Crippen LogP contribution in [0.1, 0.15) is 20.8 Å². The molecule has 0 aliphatic carbocycles. The van der Waals surface area contributed by atoms with Gasteiger partial charge in [-0.05, 0) is 18.2 Å². The number of pyridine rings is 1. The summed E-state index contributed by atoms with van der Waals surface area (Å²) < 4.78 is 0. The van der Waals surface area contributed by atoms with Gasteiger partial charge < -0.3 is 9.97 Å². The number of H-pyrrole nitrogens is 2. The number of amides is 2. The van der Waals surface area contributed by atoms with E-state index in [2.05, 4.69) is 20.8 Å². The molecule has 0 saturated carbocycles. The zero-order valence-corrected chi connectivity index (χ0v) is 11.3. The van der Waals surface area contributed by atoms with Gasteiger partial charge in [0.1, 0.15) is 5.69 Å². The summed E-state index contributed by atoms with van der Waals surface area (Å²) in [5.74, 6) is -1.05. The second-order valence-electron chi connectivity index (χ2n) is 4.58. The molecule has 3 rings (SSSR count). The van der Waals surface area contributed by atoms with Gasteiger partial charge in [-0.15, -0.1) is 0 Å². The predicted octanol–water partition coefficient (Wildman–Crippen LogP) is 0.931. The summed E-state index contributed by atoms with van der Waals surface area (Å²) in [5.41, 5.74) is 5.25. The fraction of sp³-hybridized carbons (Fsp3) is 0. The van der Waals surface area contributed by atoms with Crippen LogP contribution in [0.2, 0.25) is 0 Å². The lowest BCUT2D eigenvalue weighted by Gasteiger charge is -2.08. The third kappa shape index (κ3) is 2.59. The summed E-state index contributed by atoms with van der Waals surface area (Å²) in [4.78, 5) is 40.9. The van der Waals surface area contributed by atoms with E-state index in [-0.39, 0.29) is 11.1 Å². The maximum absolute atomic E-state index is 12.2. The van der Waals surface area contributed by atoms with Crippen molar-refractivity contribution in [2.75, 3.05) is 0 Å². The van der Waals surface area contributed by atoms with Crippen LogP contribution in [0.15, 0.2) is 53.5 Å². The van der Waals surface area contributed by atoms with Crippen LogP contribution in [0.3, 0.4) is 0 Å². The molecule has 0 spiro atoms. The standard InChI is InChI=1S/C15H12N4O3/c20-13-8-10(9-4-1-2-5-11(9)17-13)14(21)18-19-15(22)12-6-3-7-16-12/h1-8,16H,(H,17,20)(H,18,21)(H,19,22). The van der Waals surface area contributed by atoms with E-state index in [1.165, 1.54) is 6.07 Å². The van der Waals surface area contributed by atoms with Crippen LogP contribution in [-0.2, 0) is 0 Å². The molecule has 0 unspecified atom stereocenters. The fourth-order valence-corrected chi connectivity index (χ4v) is 2.11. The molecule has 4 N–H and O–H groups in total. The van der Waals surface area contributed by atoms with E-state index >= 15 is 0 Å². The molecule has 0 fully saturated rings. The number of hydrazine groups is 1. The van der Waals surface area contributed by atoms with Crippen LogP contribution in [0.5, 0.6) is 0 Å². The second-order valence-corrected chi connectivity index (χ2v) is 4.58. The Balaban J connectivity index is 1.83.